The quantitative estimate of drug-likeness (QED) is 0.673. The molecular formula is C10H18N2O. The lowest BCUT2D eigenvalue weighted by Crippen LogP contribution is -2.44. The molecule has 13 heavy (non-hydrogen) atoms. The number of amides is 1. The number of nitrogens with one attached hydrogen (secondary N) is 1. The van der Waals surface area contributed by atoms with Gasteiger partial charge in [0, 0.05) is 13.1 Å². The van der Waals surface area contributed by atoms with E-state index in [4.69, 9.17) is 0 Å². The lowest BCUT2D eigenvalue weighted by atomic mass is 10.1. The van der Waals surface area contributed by atoms with Gasteiger partial charge in [0.2, 0.25) is 5.91 Å². The van der Waals surface area contributed by atoms with Gasteiger partial charge in [-0.05, 0) is 38.6 Å². The van der Waals surface area contributed by atoms with E-state index in [0.717, 1.165) is 31.3 Å². The van der Waals surface area contributed by atoms with E-state index in [-0.39, 0.29) is 6.04 Å². The van der Waals surface area contributed by atoms with Gasteiger partial charge in [-0.15, -0.1) is 0 Å². The molecule has 0 aromatic rings. The minimum absolute atomic E-state index is 0.0810. The van der Waals surface area contributed by atoms with Crippen LogP contribution in [0.25, 0.3) is 0 Å². The van der Waals surface area contributed by atoms with Crippen LogP contribution in [-0.4, -0.2) is 37.0 Å². The van der Waals surface area contributed by atoms with E-state index in [0.29, 0.717) is 5.91 Å². The van der Waals surface area contributed by atoms with Crippen LogP contribution in [0, 0.1) is 11.8 Å². The Hall–Kier alpha value is -0.570. The van der Waals surface area contributed by atoms with E-state index < -0.39 is 0 Å². The largest absolute Gasteiger partial charge is 0.341 e. The molecule has 2 fully saturated rings. The number of fused-ring (bicyclic) bond motifs is 1. The highest BCUT2D eigenvalue weighted by Gasteiger charge is 2.44. The third-order valence-corrected chi connectivity index (χ3v) is 3.40. The van der Waals surface area contributed by atoms with Crippen molar-refractivity contribution in [2.75, 3.05) is 20.1 Å². The number of hydrogen-bond donors (Lipinski definition) is 1. The van der Waals surface area contributed by atoms with E-state index in [9.17, 15) is 4.79 Å². The van der Waals surface area contributed by atoms with Crippen molar-refractivity contribution < 1.29 is 4.79 Å². The highest BCUT2D eigenvalue weighted by Crippen LogP contribution is 2.44. The predicted octanol–water partition coefficient (Wildman–Crippen LogP) is 0.463. The number of rotatable bonds is 2. The van der Waals surface area contributed by atoms with Gasteiger partial charge in [0.25, 0.3) is 0 Å². The number of nitrogens with zero attached hydrogens (tertiary/aromatic N) is 1. The SMILES string of the molecule is CCN1CC2CC2CC(NC)C1=O. The van der Waals surface area contributed by atoms with Gasteiger partial charge in [0.1, 0.15) is 0 Å². The Labute approximate surface area is 79.5 Å². The average Bonchev–Trinajstić information content (AvgIpc) is 2.87. The Bertz CT molecular complexity index is 197. The molecule has 0 aromatic heterocycles. The van der Waals surface area contributed by atoms with Crippen molar-refractivity contribution in [2.24, 2.45) is 11.8 Å². The zero-order chi connectivity index (χ0) is 9.42. The zero-order valence-corrected chi connectivity index (χ0v) is 8.42. The average molecular weight is 182 g/mol. The topological polar surface area (TPSA) is 32.3 Å². The zero-order valence-electron chi connectivity index (χ0n) is 8.42. The van der Waals surface area contributed by atoms with Crippen LogP contribution in [0.1, 0.15) is 19.8 Å². The second-order valence-corrected chi connectivity index (χ2v) is 4.21. The maximum absolute atomic E-state index is 11.8. The molecule has 74 valence electrons. The van der Waals surface area contributed by atoms with Crippen LogP contribution < -0.4 is 5.32 Å². The monoisotopic (exact) mass is 182 g/mol. The van der Waals surface area contributed by atoms with E-state index in [1.165, 1.54) is 6.42 Å². The third-order valence-electron chi connectivity index (χ3n) is 3.40. The predicted molar refractivity (Wildman–Crippen MR) is 51.3 cm³/mol. The smallest absolute Gasteiger partial charge is 0.239 e. The highest BCUT2D eigenvalue weighted by molar-refractivity contribution is 5.82. The van der Waals surface area contributed by atoms with Crippen LogP contribution in [0.2, 0.25) is 0 Å². The summed E-state index contributed by atoms with van der Waals surface area (Å²) in [5, 5.41) is 3.12. The summed E-state index contributed by atoms with van der Waals surface area (Å²) in [5.74, 6) is 1.93. The van der Waals surface area contributed by atoms with Crippen molar-refractivity contribution >= 4 is 5.91 Å². The Kier molecular flexibility index (Phi) is 2.28. The molecule has 3 nitrogen and oxygen atoms in total. The van der Waals surface area contributed by atoms with Gasteiger partial charge in [-0.3, -0.25) is 4.79 Å². The molecular weight excluding hydrogens is 164 g/mol. The minimum atomic E-state index is 0.0810. The summed E-state index contributed by atoms with van der Waals surface area (Å²) in [6, 6.07) is 0.0810. The van der Waals surface area contributed by atoms with Gasteiger partial charge in [-0.25, -0.2) is 0 Å². The summed E-state index contributed by atoms with van der Waals surface area (Å²) in [4.78, 5) is 13.8. The van der Waals surface area contributed by atoms with Crippen LogP contribution in [-0.2, 0) is 4.79 Å². The van der Waals surface area contributed by atoms with E-state index >= 15 is 0 Å². The lowest BCUT2D eigenvalue weighted by Gasteiger charge is -2.23. The summed E-state index contributed by atoms with van der Waals surface area (Å²) in [5.41, 5.74) is 0. The van der Waals surface area contributed by atoms with E-state index in [1.807, 2.05) is 11.9 Å². The second-order valence-electron chi connectivity index (χ2n) is 4.21. The van der Waals surface area contributed by atoms with Crippen molar-refractivity contribution in [3.05, 3.63) is 0 Å². The Morgan fingerprint density at radius 1 is 1.46 bits per heavy atom. The molecule has 0 aromatic carbocycles. The molecule has 0 spiro atoms. The first-order valence-electron chi connectivity index (χ1n) is 5.22. The molecule has 1 N–H and O–H groups in total. The van der Waals surface area contributed by atoms with Gasteiger partial charge in [0.15, 0.2) is 0 Å². The summed E-state index contributed by atoms with van der Waals surface area (Å²) in [6.45, 7) is 3.92. The maximum Gasteiger partial charge on any atom is 0.239 e. The second kappa shape index (κ2) is 3.29. The summed E-state index contributed by atoms with van der Waals surface area (Å²) < 4.78 is 0. The number of carbonyl (C=O) groups excluding carboxylic acids is 1. The molecule has 2 aliphatic rings. The fourth-order valence-electron chi connectivity index (χ4n) is 2.35. The lowest BCUT2D eigenvalue weighted by molar-refractivity contribution is -0.132. The molecule has 1 saturated heterocycles. The molecule has 3 heteroatoms. The minimum Gasteiger partial charge on any atom is -0.341 e. The molecule has 1 heterocycles. The Morgan fingerprint density at radius 3 is 2.85 bits per heavy atom. The molecule has 1 aliphatic heterocycles. The maximum atomic E-state index is 11.8. The number of hydrogen-bond acceptors (Lipinski definition) is 2. The van der Waals surface area contributed by atoms with Gasteiger partial charge >= 0.3 is 0 Å². The third kappa shape index (κ3) is 1.57. The Morgan fingerprint density at radius 2 is 2.23 bits per heavy atom. The van der Waals surface area contributed by atoms with Crippen LogP contribution in [0.5, 0.6) is 0 Å². The van der Waals surface area contributed by atoms with Crippen LogP contribution in [0.4, 0.5) is 0 Å². The first-order chi connectivity index (χ1) is 6.26. The fourth-order valence-corrected chi connectivity index (χ4v) is 2.35. The van der Waals surface area contributed by atoms with Crippen molar-refractivity contribution in [2.45, 2.75) is 25.8 Å². The molecule has 3 unspecified atom stereocenters. The highest BCUT2D eigenvalue weighted by atomic mass is 16.2. The molecule has 0 radical (unpaired) electrons. The standard InChI is InChI=1S/C10H18N2O/c1-3-12-6-8-4-7(8)5-9(11-2)10(12)13/h7-9,11H,3-6H2,1-2H3. The van der Waals surface area contributed by atoms with Crippen molar-refractivity contribution in [1.82, 2.24) is 10.2 Å². The van der Waals surface area contributed by atoms with Crippen LogP contribution in [0.3, 0.4) is 0 Å². The van der Waals surface area contributed by atoms with E-state index in [2.05, 4.69) is 12.2 Å². The van der Waals surface area contributed by atoms with Crippen LogP contribution in [0.15, 0.2) is 0 Å². The van der Waals surface area contributed by atoms with Crippen molar-refractivity contribution in [3.8, 4) is 0 Å². The van der Waals surface area contributed by atoms with Gasteiger partial charge in [-0.2, -0.15) is 0 Å². The molecule has 1 amide bonds. The normalized spacial score (nSPS) is 38.5. The first kappa shape index (κ1) is 9.00. The number of likely N-dealkylation sites (N-methyl/N-ethyl adjacent to an activating group) is 2. The van der Waals surface area contributed by atoms with Gasteiger partial charge < -0.3 is 10.2 Å². The fraction of sp³-hybridized carbons (Fsp3) is 0.900. The summed E-state index contributed by atoms with van der Waals surface area (Å²) in [7, 11) is 1.89. The molecule has 2 rings (SSSR count). The number of likely N-dealkylation sites (tertiary alicyclic amines) is 1. The molecule has 1 saturated carbocycles. The van der Waals surface area contributed by atoms with Crippen molar-refractivity contribution in [1.29, 1.82) is 0 Å². The molecule has 1 aliphatic carbocycles. The van der Waals surface area contributed by atoms with E-state index in [1.54, 1.807) is 0 Å². The van der Waals surface area contributed by atoms with Gasteiger partial charge in [0.05, 0.1) is 6.04 Å². The summed E-state index contributed by atoms with van der Waals surface area (Å²) >= 11 is 0. The first-order valence-corrected chi connectivity index (χ1v) is 5.22. The van der Waals surface area contributed by atoms with Gasteiger partial charge in [-0.1, -0.05) is 0 Å². The van der Waals surface area contributed by atoms with Crippen molar-refractivity contribution in [3.63, 3.8) is 0 Å². The summed E-state index contributed by atoms with van der Waals surface area (Å²) in [6.07, 6.45) is 2.39. The van der Waals surface area contributed by atoms with Crippen LogP contribution >= 0.6 is 0 Å². The Balaban J connectivity index is 2.08. The molecule has 0 bridgehead atoms. The number of carbonyl (C=O) groups is 1. The molecule has 3 atom stereocenters.